The Bertz CT molecular complexity index is 984. The maximum absolute atomic E-state index is 12.3. The number of aryl methyl sites for hydroxylation is 1. The molecule has 0 unspecified atom stereocenters. The molecule has 0 saturated heterocycles. The molecule has 1 atom stereocenters. The fourth-order valence-electron chi connectivity index (χ4n) is 2.51. The van der Waals surface area contributed by atoms with Crippen LogP contribution in [0.2, 0.25) is 0 Å². The average Bonchev–Trinajstić information content (AvgIpc) is 3.12. The lowest BCUT2D eigenvalue weighted by molar-refractivity contribution is -0.385. The highest BCUT2D eigenvalue weighted by atomic mass is 32.1. The Labute approximate surface area is 165 Å². The molecule has 0 N–H and O–H groups in total. The summed E-state index contributed by atoms with van der Waals surface area (Å²) in [5, 5.41) is 13.8. The molecule has 3 rings (SSSR count). The van der Waals surface area contributed by atoms with Crippen LogP contribution in [0.4, 0.5) is 5.69 Å². The Hall–Kier alpha value is -3.26. The fraction of sp³-hybridized carbons (Fsp3) is 0.200. The Morgan fingerprint density at radius 1 is 1.25 bits per heavy atom. The topological polar surface area (TPSA) is 91.6 Å². The summed E-state index contributed by atoms with van der Waals surface area (Å²) in [4.78, 5) is 27.1. The number of benzene rings is 2. The lowest BCUT2D eigenvalue weighted by Gasteiger charge is -2.14. The van der Waals surface area contributed by atoms with Gasteiger partial charge >= 0.3 is 5.97 Å². The second-order valence-corrected chi connectivity index (χ2v) is 7.13. The number of esters is 1. The van der Waals surface area contributed by atoms with E-state index in [1.807, 2.05) is 12.3 Å². The standard InChI is InChI=1S/C20H18N2O5S/c1-13(16-4-3-5-18(10-16)22(24)25)27-20(23)15-6-8-19(9-7-15)26-11-17-12-28-14(2)21-17/h3-10,12-13H,11H2,1-2H3/t13-/m1/s1. The van der Waals surface area contributed by atoms with E-state index in [1.54, 1.807) is 54.7 Å². The SMILES string of the molecule is Cc1nc(COc2ccc(C(=O)O[C@H](C)c3cccc([N+](=O)[O-])c3)cc2)cs1. The summed E-state index contributed by atoms with van der Waals surface area (Å²) in [6.07, 6.45) is -0.615. The van der Waals surface area contributed by atoms with Crippen molar-refractivity contribution in [1.29, 1.82) is 0 Å². The first-order chi connectivity index (χ1) is 13.4. The lowest BCUT2D eigenvalue weighted by Crippen LogP contribution is -2.09. The molecule has 8 heteroatoms. The van der Waals surface area contributed by atoms with E-state index in [1.165, 1.54) is 12.1 Å². The third kappa shape index (κ3) is 4.92. The molecule has 0 aliphatic rings. The van der Waals surface area contributed by atoms with Crippen LogP contribution >= 0.6 is 11.3 Å². The molecule has 0 aliphatic carbocycles. The second kappa shape index (κ2) is 8.62. The molecule has 28 heavy (non-hydrogen) atoms. The highest BCUT2D eigenvalue weighted by Crippen LogP contribution is 2.23. The molecule has 0 fully saturated rings. The van der Waals surface area contributed by atoms with Gasteiger partial charge in [0.2, 0.25) is 0 Å². The van der Waals surface area contributed by atoms with Gasteiger partial charge in [-0.25, -0.2) is 9.78 Å². The first-order valence-electron chi connectivity index (χ1n) is 8.51. The Morgan fingerprint density at radius 2 is 2.00 bits per heavy atom. The van der Waals surface area contributed by atoms with Crippen molar-refractivity contribution in [3.05, 3.63) is 85.9 Å². The van der Waals surface area contributed by atoms with Gasteiger partial charge in [-0.2, -0.15) is 0 Å². The third-order valence-electron chi connectivity index (χ3n) is 3.98. The molecule has 2 aromatic carbocycles. The molecule has 0 bridgehead atoms. The largest absolute Gasteiger partial charge is 0.487 e. The summed E-state index contributed by atoms with van der Waals surface area (Å²) >= 11 is 1.56. The molecule has 0 radical (unpaired) electrons. The highest BCUT2D eigenvalue weighted by molar-refractivity contribution is 7.09. The number of carbonyl (C=O) groups excluding carboxylic acids is 1. The van der Waals surface area contributed by atoms with Gasteiger partial charge in [-0.3, -0.25) is 10.1 Å². The van der Waals surface area contributed by atoms with Gasteiger partial charge in [0.1, 0.15) is 18.5 Å². The van der Waals surface area contributed by atoms with Crippen LogP contribution in [0.5, 0.6) is 5.75 Å². The van der Waals surface area contributed by atoms with Crippen molar-refractivity contribution in [2.45, 2.75) is 26.6 Å². The van der Waals surface area contributed by atoms with Crippen molar-refractivity contribution in [3.8, 4) is 5.75 Å². The van der Waals surface area contributed by atoms with Gasteiger partial charge in [0.05, 0.1) is 21.2 Å². The molecule has 1 aromatic heterocycles. The number of thiazole rings is 1. The zero-order valence-electron chi connectivity index (χ0n) is 15.3. The summed E-state index contributed by atoms with van der Waals surface area (Å²) in [5.41, 5.74) is 1.74. The molecule has 1 heterocycles. The Morgan fingerprint density at radius 3 is 2.64 bits per heavy atom. The van der Waals surface area contributed by atoms with Gasteiger partial charge < -0.3 is 9.47 Å². The molecule has 0 amide bonds. The number of nitro groups is 1. The first-order valence-corrected chi connectivity index (χ1v) is 9.39. The van der Waals surface area contributed by atoms with E-state index < -0.39 is 17.0 Å². The number of nitro benzene ring substituents is 1. The van der Waals surface area contributed by atoms with E-state index in [9.17, 15) is 14.9 Å². The third-order valence-corrected chi connectivity index (χ3v) is 4.80. The average molecular weight is 398 g/mol. The van der Waals surface area contributed by atoms with Crippen LogP contribution in [0.15, 0.2) is 53.9 Å². The minimum absolute atomic E-state index is 0.0443. The van der Waals surface area contributed by atoms with E-state index in [4.69, 9.17) is 9.47 Å². The van der Waals surface area contributed by atoms with Gasteiger partial charge in [-0.1, -0.05) is 12.1 Å². The smallest absolute Gasteiger partial charge is 0.338 e. The van der Waals surface area contributed by atoms with E-state index in [2.05, 4.69) is 4.98 Å². The van der Waals surface area contributed by atoms with Gasteiger partial charge in [-0.05, 0) is 43.7 Å². The lowest BCUT2D eigenvalue weighted by atomic mass is 10.1. The first kappa shape index (κ1) is 19.5. The maximum atomic E-state index is 12.3. The summed E-state index contributed by atoms with van der Waals surface area (Å²) in [7, 11) is 0. The van der Waals surface area contributed by atoms with Crippen molar-refractivity contribution in [2.75, 3.05) is 0 Å². The monoisotopic (exact) mass is 398 g/mol. The van der Waals surface area contributed by atoms with E-state index in [0.29, 0.717) is 23.5 Å². The molecule has 144 valence electrons. The number of aromatic nitrogens is 1. The fourth-order valence-corrected chi connectivity index (χ4v) is 3.10. The van der Waals surface area contributed by atoms with Crippen LogP contribution in [0.3, 0.4) is 0 Å². The highest BCUT2D eigenvalue weighted by Gasteiger charge is 2.16. The second-order valence-electron chi connectivity index (χ2n) is 6.07. The number of hydrogen-bond acceptors (Lipinski definition) is 7. The van der Waals surface area contributed by atoms with Gasteiger partial charge in [0.15, 0.2) is 0 Å². The Kier molecular flexibility index (Phi) is 6.00. The molecule has 0 aliphatic heterocycles. The molecule has 0 saturated carbocycles. The van der Waals surface area contributed by atoms with Crippen LogP contribution in [-0.4, -0.2) is 15.9 Å². The maximum Gasteiger partial charge on any atom is 0.338 e. The molecule has 0 spiro atoms. The number of non-ortho nitro benzene ring substituents is 1. The summed E-state index contributed by atoms with van der Waals surface area (Å²) in [5.74, 6) is 0.106. The molecule has 7 nitrogen and oxygen atoms in total. The number of rotatable bonds is 7. The normalized spacial score (nSPS) is 11.6. The van der Waals surface area contributed by atoms with Crippen LogP contribution < -0.4 is 4.74 Å². The number of hydrogen-bond donors (Lipinski definition) is 0. The van der Waals surface area contributed by atoms with Crippen LogP contribution in [-0.2, 0) is 11.3 Å². The summed E-state index contributed by atoms with van der Waals surface area (Å²) in [6, 6.07) is 12.6. The summed E-state index contributed by atoms with van der Waals surface area (Å²) < 4.78 is 11.1. The number of carbonyl (C=O) groups is 1. The van der Waals surface area contributed by atoms with Crippen LogP contribution in [0.25, 0.3) is 0 Å². The molecular weight excluding hydrogens is 380 g/mol. The zero-order chi connectivity index (χ0) is 20.1. The molecular formula is C20H18N2O5S. The van der Waals surface area contributed by atoms with Gasteiger partial charge in [-0.15, -0.1) is 11.3 Å². The van der Waals surface area contributed by atoms with Crippen molar-refractivity contribution in [3.63, 3.8) is 0 Å². The van der Waals surface area contributed by atoms with E-state index in [0.717, 1.165) is 10.7 Å². The van der Waals surface area contributed by atoms with Gasteiger partial charge in [0, 0.05) is 17.5 Å². The molecule has 3 aromatic rings. The Balaban J connectivity index is 1.59. The zero-order valence-corrected chi connectivity index (χ0v) is 16.1. The minimum Gasteiger partial charge on any atom is -0.487 e. The van der Waals surface area contributed by atoms with Crippen molar-refractivity contribution < 1.29 is 19.2 Å². The van der Waals surface area contributed by atoms with E-state index >= 15 is 0 Å². The van der Waals surface area contributed by atoms with Crippen LogP contribution in [0, 0.1) is 17.0 Å². The van der Waals surface area contributed by atoms with Crippen molar-refractivity contribution >= 4 is 23.0 Å². The quantitative estimate of drug-likeness (QED) is 0.321. The predicted octanol–water partition coefficient (Wildman–Crippen LogP) is 4.86. The van der Waals surface area contributed by atoms with Gasteiger partial charge in [0.25, 0.3) is 5.69 Å². The van der Waals surface area contributed by atoms with E-state index in [-0.39, 0.29) is 5.69 Å². The number of ether oxygens (including phenoxy) is 2. The van der Waals surface area contributed by atoms with Crippen LogP contribution in [0.1, 0.15) is 39.7 Å². The number of nitrogens with zero attached hydrogens (tertiary/aromatic N) is 2. The van der Waals surface area contributed by atoms with Crippen molar-refractivity contribution in [1.82, 2.24) is 4.98 Å². The predicted molar refractivity (Wildman–Crippen MR) is 105 cm³/mol. The summed E-state index contributed by atoms with van der Waals surface area (Å²) in [6.45, 7) is 3.96. The minimum atomic E-state index is -0.615. The van der Waals surface area contributed by atoms with Crippen molar-refractivity contribution in [2.24, 2.45) is 0 Å².